The molecule has 0 aliphatic carbocycles. The van der Waals surface area contributed by atoms with E-state index in [1.165, 1.54) is 6.07 Å². The summed E-state index contributed by atoms with van der Waals surface area (Å²) in [4.78, 5) is 2.10. The Balaban J connectivity index is 1.55. The van der Waals surface area contributed by atoms with E-state index in [9.17, 15) is 13.2 Å². The second kappa shape index (κ2) is 8.38. The Morgan fingerprint density at radius 2 is 2.03 bits per heavy atom. The van der Waals surface area contributed by atoms with Crippen molar-refractivity contribution in [3.8, 4) is 11.5 Å². The number of anilines is 1. The molecule has 2 aromatic carbocycles. The third-order valence-electron chi connectivity index (χ3n) is 6.04. The molecule has 3 aromatic rings. The number of fused-ring (bicyclic) bond motifs is 2. The molecule has 2 aliphatic rings. The van der Waals surface area contributed by atoms with E-state index in [0.717, 1.165) is 18.7 Å². The summed E-state index contributed by atoms with van der Waals surface area (Å²) >= 11 is 0. The molecular formula is C22H24F3N5O3. The first-order valence-electron chi connectivity index (χ1n) is 10.7. The van der Waals surface area contributed by atoms with E-state index in [-0.39, 0.29) is 34.0 Å². The zero-order chi connectivity index (χ0) is 23.2. The van der Waals surface area contributed by atoms with Crippen LogP contribution in [-0.4, -0.2) is 65.5 Å². The molecule has 176 valence electrons. The van der Waals surface area contributed by atoms with Gasteiger partial charge in [-0.3, -0.25) is 4.90 Å². The van der Waals surface area contributed by atoms with Gasteiger partial charge in [-0.1, -0.05) is 10.9 Å². The number of nitrogens with one attached hydrogen (secondary N) is 1. The van der Waals surface area contributed by atoms with Crippen LogP contribution in [0.3, 0.4) is 0 Å². The van der Waals surface area contributed by atoms with Gasteiger partial charge in [0.05, 0.1) is 37.6 Å². The van der Waals surface area contributed by atoms with E-state index < -0.39 is 6.30 Å². The van der Waals surface area contributed by atoms with E-state index in [1.54, 1.807) is 19.2 Å². The topological polar surface area (TPSA) is 73.7 Å². The first-order valence-corrected chi connectivity index (χ1v) is 10.7. The number of halogens is 3. The summed E-state index contributed by atoms with van der Waals surface area (Å²) in [6.45, 7) is 4.50. The number of methoxy groups -OCH3 is 1. The Bertz CT molecular complexity index is 1150. The van der Waals surface area contributed by atoms with Gasteiger partial charge in [-0.05, 0) is 31.2 Å². The number of alkyl halides is 3. The molecule has 3 atom stereocenters. The molecule has 0 spiro atoms. The van der Waals surface area contributed by atoms with E-state index in [0.29, 0.717) is 30.4 Å². The Kier molecular flexibility index (Phi) is 5.53. The first kappa shape index (κ1) is 21.8. The maximum Gasteiger partial charge on any atom is 0.521 e. The third-order valence-corrected chi connectivity index (χ3v) is 6.04. The average molecular weight is 463 g/mol. The van der Waals surface area contributed by atoms with Gasteiger partial charge in [0.25, 0.3) is 0 Å². The lowest BCUT2D eigenvalue weighted by Gasteiger charge is -2.44. The Labute approximate surface area is 188 Å². The largest absolute Gasteiger partial charge is 0.521 e. The van der Waals surface area contributed by atoms with Gasteiger partial charge in [0.1, 0.15) is 29.1 Å². The summed E-state index contributed by atoms with van der Waals surface area (Å²) < 4.78 is 56.7. The van der Waals surface area contributed by atoms with Crippen LogP contribution in [0.4, 0.5) is 18.9 Å². The molecule has 1 fully saturated rings. The molecule has 0 amide bonds. The number of ether oxygens (including phenoxy) is 3. The van der Waals surface area contributed by atoms with Crippen molar-refractivity contribution in [2.45, 2.75) is 31.4 Å². The van der Waals surface area contributed by atoms with Crippen molar-refractivity contribution in [2.24, 2.45) is 0 Å². The van der Waals surface area contributed by atoms with Crippen molar-refractivity contribution in [1.29, 1.82) is 0 Å². The van der Waals surface area contributed by atoms with Crippen LogP contribution in [0.25, 0.3) is 11.0 Å². The highest BCUT2D eigenvalue weighted by Gasteiger charge is 2.38. The minimum atomic E-state index is -4.69. The Morgan fingerprint density at radius 1 is 1.18 bits per heavy atom. The molecule has 33 heavy (non-hydrogen) atoms. The summed E-state index contributed by atoms with van der Waals surface area (Å²) in [5.74, 6) is 1.34. The van der Waals surface area contributed by atoms with Crippen LogP contribution in [0.5, 0.6) is 11.5 Å². The predicted molar refractivity (Wildman–Crippen MR) is 114 cm³/mol. The molecule has 8 nitrogen and oxygen atoms in total. The van der Waals surface area contributed by atoms with Crippen molar-refractivity contribution in [2.75, 3.05) is 38.7 Å². The molecule has 11 heteroatoms. The normalized spacial score (nSPS) is 23.7. The lowest BCUT2D eigenvalue weighted by Crippen LogP contribution is -2.54. The van der Waals surface area contributed by atoms with Crippen LogP contribution in [0.2, 0.25) is 0 Å². The number of nitrogens with zero attached hydrogens (tertiary/aromatic N) is 4. The standard InChI is InChI=1S/C22H24F3N5O3/c1-13-11-29(8-9-32-13)18-12-33-19-10-14(31-2)6-7-15(19)20(18)26-16-4-3-5-17-21(16)28-30(27-17)22(23,24)25/h3-7,10,13,18,20,26H,8-9,11-12H2,1-2H3/t13-,18+,20+/m1/s1. The maximum absolute atomic E-state index is 13.2. The number of hydrogen-bond donors (Lipinski definition) is 1. The van der Waals surface area contributed by atoms with E-state index in [1.807, 2.05) is 25.1 Å². The summed E-state index contributed by atoms with van der Waals surface area (Å²) in [5, 5.41) is 10.8. The predicted octanol–water partition coefficient (Wildman–Crippen LogP) is 3.55. The number of hydrogen-bond acceptors (Lipinski definition) is 7. The molecule has 2 aliphatic heterocycles. The van der Waals surface area contributed by atoms with Crippen LogP contribution in [0, 0.1) is 0 Å². The van der Waals surface area contributed by atoms with Crippen molar-refractivity contribution in [3.63, 3.8) is 0 Å². The molecule has 1 N–H and O–H groups in total. The van der Waals surface area contributed by atoms with Crippen molar-refractivity contribution >= 4 is 16.7 Å². The monoisotopic (exact) mass is 463 g/mol. The molecule has 5 rings (SSSR count). The summed E-state index contributed by atoms with van der Waals surface area (Å²) in [7, 11) is 1.59. The number of benzene rings is 2. The van der Waals surface area contributed by atoms with Gasteiger partial charge >= 0.3 is 6.30 Å². The molecule has 0 unspecified atom stereocenters. The van der Waals surface area contributed by atoms with Crippen molar-refractivity contribution in [1.82, 2.24) is 19.9 Å². The first-order chi connectivity index (χ1) is 15.8. The highest BCUT2D eigenvalue weighted by molar-refractivity contribution is 5.87. The fourth-order valence-electron chi connectivity index (χ4n) is 4.47. The van der Waals surface area contributed by atoms with Crippen LogP contribution >= 0.6 is 0 Å². The summed E-state index contributed by atoms with van der Waals surface area (Å²) in [6.07, 6.45) is -4.61. The smallest absolute Gasteiger partial charge is 0.497 e. The molecule has 0 saturated carbocycles. The molecule has 0 radical (unpaired) electrons. The average Bonchev–Trinajstić information content (AvgIpc) is 3.25. The molecule has 0 bridgehead atoms. The van der Waals surface area contributed by atoms with Gasteiger partial charge in [-0.2, -0.15) is 0 Å². The second-order valence-electron chi connectivity index (χ2n) is 8.21. The number of morpholine rings is 1. The Hall–Kier alpha value is -3.05. The molecular weight excluding hydrogens is 439 g/mol. The van der Waals surface area contributed by atoms with Gasteiger partial charge < -0.3 is 19.5 Å². The number of rotatable bonds is 4. The number of aromatic nitrogens is 3. The molecule has 1 aromatic heterocycles. The zero-order valence-electron chi connectivity index (χ0n) is 18.2. The minimum Gasteiger partial charge on any atom is -0.497 e. The quantitative estimate of drug-likeness (QED) is 0.634. The van der Waals surface area contributed by atoms with Crippen LogP contribution in [0.1, 0.15) is 18.5 Å². The van der Waals surface area contributed by atoms with Gasteiger partial charge in [-0.15, -0.1) is 23.4 Å². The summed E-state index contributed by atoms with van der Waals surface area (Å²) in [5.41, 5.74) is 1.69. The minimum absolute atomic E-state index is 0.0647. The lowest BCUT2D eigenvalue weighted by atomic mass is 9.93. The highest BCUT2D eigenvalue weighted by Crippen LogP contribution is 2.40. The van der Waals surface area contributed by atoms with Crippen LogP contribution < -0.4 is 14.8 Å². The van der Waals surface area contributed by atoms with E-state index >= 15 is 0 Å². The van der Waals surface area contributed by atoms with E-state index in [2.05, 4.69) is 20.4 Å². The Morgan fingerprint density at radius 3 is 2.79 bits per heavy atom. The van der Waals surface area contributed by atoms with Crippen LogP contribution in [0.15, 0.2) is 36.4 Å². The van der Waals surface area contributed by atoms with Gasteiger partial charge in [-0.25, -0.2) is 0 Å². The second-order valence-corrected chi connectivity index (χ2v) is 8.21. The third kappa shape index (κ3) is 4.18. The SMILES string of the molecule is COc1ccc2c(c1)OC[C@H](N1CCO[C@H](C)C1)[C@H]2Nc1cccc2nn(C(F)(F)F)nc12. The molecule has 1 saturated heterocycles. The van der Waals surface area contributed by atoms with E-state index in [4.69, 9.17) is 14.2 Å². The fraction of sp³-hybridized carbons (Fsp3) is 0.455. The molecule has 3 heterocycles. The van der Waals surface area contributed by atoms with Gasteiger partial charge in [0.2, 0.25) is 0 Å². The zero-order valence-corrected chi connectivity index (χ0v) is 18.2. The van der Waals surface area contributed by atoms with Crippen LogP contribution in [-0.2, 0) is 11.0 Å². The van der Waals surface area contributed by atoms with Gasteiger partial charge in [0, 0.05) is 24.7 Å². The fourth-order valence-corrected chi connectivity index (χ4v) is 4.47. The highest BCUT2D eigenvalue weighted by atomic mass is 19.4. The maximum atomic E-state index is 13.2. The van der Waals surface area contributed by atoms with Crippen molar-refractivity contribution < 1.29 is 27.4 Å². The lowest BCUT2D eigenvalue weighted by molar-refractivity contribution is -0.220. The van der Waals surface area contributed by atoms with Crippen molar-refractivity contribution in [3.05, 3.63) is 42.0 Å². The summed E-state index contributed by atoms with van der Waals surface area (Å²) in [6, 6.07) is 10.2. The van der Waals surface area contributed by atoms with Gasteiger partial charge in [0.15, 0.2) is 0 Å².